The summed E-state index contributed by atoms with van der Waals surface area (Å²) in [4.78, 5) is 36.2. The number of hydrogen-bond acceptors (Lipinski definition) is 5. The molecule has 1 amide bonds. The van der Waals surface area contributed by atoms with Crippen molar-refractivity contribution in [3.63, 3.8) is 0 Å². The van der Waals surface area contributed by atoms with Crippen LogP contribution in [0.3, 0.4) is 0 Å². The zero-order chi connectivity index (χ0) is 19.1. The summed E-state index contributed by atoms with van der Waals surface area (Å²) in [6.07, 6.45) is 0.00161. The van der Waals surface area contributed by atoms with Crippen LogP contribution in [0.25, 0.3) is 0 Å². The highest BCUT2D eigenvalue weighted by atomic mass is 35.5. The molecule has 0 spiro atoms. The molecule has 0 bridgehead atoms. The van der Waals surface area contributed by atoms with Gasteiger partial charge in [0.2, 0.25) is 0 Å². The predicted octanol–water partition coefficient (Wildman–Crippen LogP) is 3.45. The number of carbonyl (C=O) groups is 2. The number of rotatable bonds is 7. The van der Waals surface area contributed by atoms with Gasteiger partial charge in [-0.3, -0.25) is 19.7 Å². The Bertz CT molecular complexity index is 810. The zero-order valence-electron chi connectivity index (χ0n) is 14.1. The van der Waals surface area contributed by atoms with Crippen LogP contribution in [0.2, 0.25) is 5.02 Å². The Hall–Kier alpha value is -2.93. The molecule has 2 rings (SSSR count). The molecule has 0 aromatic heterocycles. The van der Waals surface area contributed by atoms with E-state index in [0.717, 1.165) is 11.6 Å². The van der Waals surface area contributed by atoms with Gasteiger partial charge in [-0.2, -0.15) is 0 Å². The van der Waals surface area contributed by atoms with Crippen molar-refractivity contribution < 1.29 is 19.2 Å². The van der Waals surface area contributed by atoms with E-state index in [0.29, 0.717) is 0 Å². The SMILES string of the molecule is COC(=O)CCN(Cc1ccccc1)C(=O)c1cc([N+](=O)[O-])ccc1Cl. The molecular weight excluding hydrogens is 360 g/mol. The number of halogens is 1. The van der Waals surface area contributed by atoms with Gasteiger partial charge in [-0.25, -0.2) is 0 Å². The Balaban J connectivity index is 2.31. The van der Waals surface area contributed by atoms with E-state index in [2.05, 4.69) is 4.74 Å². The van der Waals surface area contributed by atoms with Crippen molar-refractivity contribution in [1.29, 1.82) is 0 Å². The fourth-order valence-electron chi connectivity index (χ4n) is 2.35. The standard InChI is InChI=1S/C18H17ClN2O5/c1-26-17(22)9-10-20(12-13-5-3-2-4-6-13)18(23)15-11-14(21(24)25)7-8-16(15)19/h2-8,11H,9-10,12H2,1H3. The summed E-state index contributed by atoms with van der Waals surface area (Å²) >= 11 is 6.07. The summed E-state index contributed by atoms with van der Waals surface area (Å²) in [7, 11) is 1.27. The molecule has 0 saturated heterocycles. The smallest absolute Gasteiger partial charge is 0.307 e. The van der Waals surface area contributed by atoms with E-state index < -0.39 is 16.8 Å². The van der Waals surface area contributed by atoms with E-state index >= 15 is 0 Å². The number of nitrogens with zero attached hydrogens (tertiary/aromatic N) is 2. The maximum atomic E-state index is 12.9. The van der Waals surface area contributed by atoms with Crippen molar-refractivity contribution in [2.45, 2.75) is 13.0 Å². The molecule has 0 aliphatic carbocycles. The quantitative estimate of drug-likeness (QED) is 0.419. The molecule has 26 heavy (non-hydrogen) atoms. The van der Waals surface area contributed by atoms with E-state index in [-0.39, 0.29) is 35.8 Å². The van der Waals surface area contributed by atoms with Gasteiger partial charge in [0.15, 0.2) is 0 Å². The monoisotopic (exact) mass is 376 g/mol. The molecule has 0 atom stereocenters. The van der Waals surface area contributed by atoms with Crippen LogP contribution in [-0.4, -0.2) is 35.4 Å². The second kappa shape index (κ2) is 8.96. The first-order chi connectivity index (χ1) is 12.4. The maximum Gasteiger partial charge on any atom is 0.307 e. The van der Waals surface area contributed by atoms with Crippen LogP contribution in [0, 0.1) is 10.1 Å². The van der Waals surface area contributed by atoms with Gasteiger partial charge >= 0.3 is 5.97 Å². The molecule has 0 aliphatic rings. The van der Waals surface area contributed by atoms with Crippen LogP contribution in [0.15, 0.2) is 48.5 Å². The number of esters is 1. The van der Waals surface area contributed by atoms with Gasteiger partial charge in [0, 0.05) is 25.2 Å². The molecule has 0 aliphatic heterocycles. The van der Waals surface area contributed by atoms with Crippen molar-refractivity contribution in [2.24, 2.45) is 0 Å². The summed E-state index contributed by atoms with van der Waals surface area (Å²) in [5.41, 5.74) is 0.638. The minimum atomic E-state index is -0.594. The van der Waals surface area contributed by atoms with Gasteiger partial charge in [0.25, 0.3) is 11.6 Å². The fraction of sp³-hybridized carbons (Fsp3) is 0.222. The third-order valence-electron chi connectivity index (χ3n) is 3.71. The highest BCUT2D eigenvalue weighted by Gasteiger charge is 2.22. The number of non-ortho nitro benzene ring substituents is 1. The van der Waals surface area contributed by atoms with Crippen LogP contribution in [0.4, 0.5) is 5.69 Å². The maximum absolute atomic E-state index is 12.9. The van der Waals surface area contributed by atoms with E-state index in [1.165, 1.54) is 24.1 Å². The summed E-state index contributed by atoms with van der Waals surface area (Å²) in [6, 6.07) is 12.9. The molecule has 0 N–H and O–H groups in total. The lowest BCUT2D eigenvalue weighted by molar-refractivity contribution is -0.384. The minimum Gasteiger partial charge on any atom is -0.469 e. The van der Waals surface area contributed by atoms with Crippen molar-refractivity contribution in [1.82, 2.24) is 4.90 Å². The summed E-state index contributed by atoms with van der Waals surface area (Å²) in [5, 5.41) is 11.1. The zero-order valence-corrected chi connectivity index (χ0v) is 14.8. The number of hydrogen-bond donors (Lipinski definition) is 0. The molecule has 2 aromatic rings. The Morgan fingerprint density at radius 2 is 1.88 bits per heavy atom. The minimum absolute atomic E-state index is 0.00161. The molecule has 0 unspecified atom stereocenters. The first kappa shape index (κ1) is 19.4. The Morgan fingerprint density at radius 3 is 2.50 bits per heavy atom. The van der Waals surface area contributed by atoms with Gasteiger partial charge in [0.05, 0.1) is 29.0 Å². The number of benzene rings is 2. The van der Waals surface area contributed by atoms with Crippen LogP contribution in [-0.2, 0) is 16.1 Å². The van der Waals surface area contributed by atoms with E-state index in [1.807, 2.05) is 30.3 Å². The van der Waals surface area contributed by atoms with Crippen molar-refractivity contribution in [3.8, 4) is 0 Å². The van der Waals surface area contributed by atoms with Crippen LogP contribution < -0.4 is 0 Å². The van der Waals surface area contributed by atoms with E-state index in [1.54, 1.807) is 0 Å². The lowest BCUT2D eigenvalue weighted by Gasteiger charge is -2.23. The Labute approximate surface area is 155 Å². The highest BCUT2D eigenvalue weighted by molar-refractivity contribution is 6.33. The van der Waals surface area contributed by atoms with Gasteiger partial charge in [-0.05, 0) is 11.6 Å². The normalized spacial score (nSPS) is 10.2. The molecule has 0 saturated carbocycles. The number of carbonyl (C=O) groups excluding carboxylic acids is 2. The highest BCUT2D eigenvalue weighted by Crippen LogP contribution is 2.24. The van der Waals surface area contributed by atoms with Gasteiger partial charge in [0.1, 0.15) is 0 Å². The Kier molecular flexibility index (Phi) is 6.68. The summed E-state index contributed by atoms with van der Waals surface area (Å²) in [5.74, 6) is -0.951. The second-order valence-electron chi connectivity index (χ2n) is 5.46. The molecule has 136 valence electrons. The first-order valence-electron chi connectivity index (χ1n) is 7.76. The largest absolute Gasteiger partial charge is 0.469 e. The third kappa shape index (κ3) is 5.03. The molecule has 8 heteroatoms. The molecule has 0 heterocycles. The number of nitro groups is 1. The van der Waals surface area contributed by atoms with Gasteiger partial charge < -0.3 is 9.64 Å². The average Bonchev–Trinajstić information content (AvgIpc) is 2.65. The summed E-state index contributed by atoms with van der Waals surface area (Å²) < 4.78 is 4.62. The topological polar surface area (TPSA) is 89.8 Å². The van der Waals surface area contributed by atoms with Gasteiger partial charge in [-0.1, -0.05) is 41.9 Å². The van der Waals surface area contributed by atoms with E-state index in [4.69, 9.17) is 11.6 Å². The van der Waals surface area contributed by atoms with Crippen molar-refractivity contribution >= 4 is 29.2 Å². The number of amides is 1. The molecule has 7 nitrogen and oxygen atoms in total. The lowest BCUT2D eigenvalue weighted by Crippen LogP contribution is -2.33. The molecule has 0 radical (unpaired) electrons. The van der Waals surface area contributed by atoms with Gasteiger partial charge in [-0.15, -0.1) is 0 Å². The molecule has 0 fully saturated rings. The number of ether oxygens (including phenoxy) is 1. The van der Waals surface area contributed by atoms with Crippen LogP contribution in [0.1, 0.15) is 22.3 Å². The van der Waals surface area contributed by atoms with Crippen LogP contribution >= 0.6 is 11.6 Å². The Morgan fingerprint density at radius 1 is 1.19 bits per heavy atom. The third-order valence-corrected chi connectivity index (χ3v) is 4.04. The predicted molar refractivity (Wildman–Crippen MR) is 95.9 cm³/mol. The van der Waals surface area contributed by atoms with E-state index in [9.17, 15) is 19.7 Å². The fourth-order valence-corrected chi connectivity index (χ4v) is 2.54. The molecule has 2 aromatic carbocycles. The molecular formula is C18H17ClN2O5. The first-order valence-corrected chi connectivity index (χ1v) is 8.14. The lowest BCUT2D eigenvalue weighted by atomic mass is 10.1. The summed E-state index contributed by atoms with van der Waals surface area (Å²) in [6.45, 7) is 0.328. The number of nitro benzene ring substituents is 1. The second-order valence-corrected chi connectivity index (χ2v) is 5.87. The van der Waals surface area contributed by atoms with Crippen LogP contribution in [0.5, 0.6) is 0 Å². The van der Waals surface area contributed by atoms with Crippen molar-refractivity contribution in [2.75, 3.05) is 13.7 Å². The average molecular weight is 377 g/mol. The van der Waals surface area contributed by atoms with Crippen molar-refractivity contribution in [3.05, 3.63) is 74.8 Å². The number of methoxy groups -OCH3 is 1.